The van der Waals surface area contributed by atoms with Crippen LogP contribution in [0.2, 0.25) is 0 Å². The first kappa shape index (κ1) is 14.4. The Morgan fingerprint density at radius 1 is 1.41 bits per heavy atom. The third-order valence-electron chi connectivity index (χ3n) is 5.14. The summed E-state index contributed by atoms with van der Waals surface area (Å²) in [6, 6.07) is 0. The van der Waals surface area contributed by atoms with E-state index in [1.807, 2.05) is 0 Å². The average Bonchev–Trinajstić information content (AvgIpc) is 3.10. The first-order valence-electron chi connectivity index (χ1n) is 8.35. The predicted molar refractivity (Wildman–Crippen MR) is 88.7 cm³/mol. The van der Waals surface area contributed by atoms with E-state index in [1.165, 1.54) is 23.3 Å². The summed E-state index contributed by atoms with van der Waals surface area (Å²) >= 11 is 1.72. The number of hydrogen-bond acceptors (Lipinski definition) is 4. The highest BCUT2D eigenvalue weighted by atomic mass is 32.1. The number of nitrogens with zero attached hydrogens (tertiary/aromatic N) is 2. The molecule has 4 rings (SSSR count). The quantitative estimate of drug-likeness (QED) is 0.873. The number of thiophene rings is 1. The van der Waals surface area contributed by atoms with Gasteiger partial charge in [-0.2, -0.15) is 0 Å². The molecule has 2 atom stereocenters. The van der Waals surface area contributed by atoms with Crippen molar-refractivity contribution in [3.63, 3.8) is 0 Å². The fraction of sp³-hybridized carbons (Fsp3) is 0.647. The lowest BCUT2D eigenvalue weighted by Crippen LogP contribution is -2.24. The number of aryl methyl sites for hydroxylation is 3. The molecule has 1 aliphatic heterocycles. The number of fused-ring (bicyclic) bond motifs is 3. The molecule has 1 saturated heterocycles. The van der Waals surface area contributed by atoms with Crippen molar-refractivity contribution in [3.05, 3.63) is 27.1 Å². The van der Waals surface area contributed by atoms with Gasteiger partial charge in [0, 0.05) is 18.0 Å². The minimum absolute atomic E-state index is 0.148. The standard InChI is InChI=1S/C17H22N2O2S/c1-11-7-9-21-13(11)6-8-19-10-18-16-15(17(19)20)12-4-2-3-5-14(12)22-16/h10-11,13H,2-9H2,1H3. The van der Waals surface area contributed by atoms with Crippen LogP contribution in [0.5, 0.6) is 0 Å². The maximum atomic E-state index is 12.8. The topological polar surface area (TPSA) is 44.1 Å². The van der Waals surface area contributed by atoms with Crippen LogP contribution in [0.1, 0.15) is 43.0 Å². The summed E-state index contributed by atoms with van der Waals surface area (Å²) in [5, 5.41) is 0.891. The maximum Gasteiger partial charge on any atom is 0.262 e. The monoisotopic (exact) mass is 318 g/mol. The van der Waals surface area contributed by atoms with Gasteiger partial charge in [0.25, 0.3) is 5.56 Å². The molecule has 4 nitrogen and oxygen atoms in total. The third kappa shape index (κ3) is 2.40. The molecule has 0 saturated carbocycles. The molecule has 0 radical (unpaired) electrons. The lowest BCUT2D eigenvalue weighted by Gasteiger charge is -2.15. The van der Waals surface area contributed by atoms with Crippen molar-refractivity contribution in [2.24, 2.45) is 5.92 Å². The fourth-order valence-corrected chi connectivity index (χ4v) is 4.95. The van der Waals surface area contributed by atoms with Crippen LogP contribution in [0.3, 0.4) is 0 Å². The molecule has 0 spiro atoms. The molecule has 5 heteroatoms. The first-order valence-corrected chi connectivity index (χ1v) is 9.17. The first-order chi connectivity index (χ1) is 10.7. The van der Waals surface area contributed by atoms with Crippen molar-refractivity contribution in [2.75, 3.05) is 6.61 Å². The molecule has 118 valence electrons. The molecule has 22 heavy (non-hydrogen) atoms. The molecule has 0 amide bonds. The molecule has 1 fully saturated rings. The Bertz CT molecular complexity index is 749. The van der Waals surface area contributed by atoms with Crippen LogP contribution in [-0.2, 0) is 24.1 Å². The lowest BCUT2D eigenvalue weighted by molar-refractivity contribution is 0.0830. The third-order valence-corrected chi connectivity index (χ3v) is 6.34. The highest BCUT2D eigenvalue weighted by molar-refractivity contribution is 7.18. The number of rotatable bonds is 3. The SMILES string of the molecule is CC1CCOC1CCn1cnc2sc3c(c2c1=O)CCCC3. The Morgan fingerprint density at radius 2 is 2.27 bits per heavy atom. The highest BCUT2D eigenvalue weighted by Crippen LogP contribution is 2.33. The van der Waals surface area contributed by atoms with E-state index in [0.29, 0.717) is 18.6 Å². The summed E-state index contributed by atoms with van der Waals surface area (Å²) in [5.41, 5.74) is 1.43. The normalized spacial score (nSPS) is 24.8. The molecule has 2 aromatic rings. The van der Waals surface area contributed by atoms with Gasteiger partial charge in [-0.3, -0.25) is 9.36 Å². The van der Waals surface area contributed by atoms with E-state index in [0.717, 1.165) is 42.5 Å². The zero-order valence-electron chi connectivity index (χ0n) is 13.0. The molecule has 2 aromatic heterocycles. The van der Waals surface area contributed by atoms with Crippen LogP contribution in [0.25, 0.3) is 10.2 Å². The molecular formula is C17H22N2O2S. The summed E-state index contributed by atoms with van der Waals surface area (Å²) in [5.74, 6) is 0.598. The summed E-state index contributed by atoms with van der Waals surface area (Å²) < 4.78 is 7.55. The van der Waals surface area contributed by atoms with Crippen LogP contribution in [0.4, 0.5) is 0 Å². The maximum absolute atomic E-state index is 12.8. The summed E-state index contributed by atoms with van der Waals surface area (Å²) in [6.07, 6.45) is 8.65. The summed E-state index contributed by atoms with van der Waals surface area (Å²) in [7, 11) is 0. The van der Waals surface area contributed by atoms with Crippen molar-refractivity contribution < 1.29 is 4.74 Å². The van der Waals surface area contributed by atoms with Crippen LogP contribution < -0.4 is 5.56 Å². The van der Waals surface area contributed by atoms with Crippen LogP contribution in [0, 0.1) is 5.92 Å². The smallest absolute Gasteiger partial charge is 0.262 e. The predicted octanol–water partition coefficient (Wildman–Crippen LogP) is 3.15. The van der Waals surface area contributed by atoms with Gasteiger partial charge < -0.3 is 4.74 Å². The van der Waals surface area contributed by atoms with Gasteiger partial charge in [0.2, 0.25) is 0 Å². The van der Waals surface area contributed by atoms with E-state index >= 15 is 0 Å². The molecule has 3 heterocycles. The molecular weight excluding hydrogens is 296 g/mol. The van der Waals surface area contributed by atoms with Gasteiger partial charge in [-0.15, -0.1) is 11.3 Å². The second-order valence-electron chi connectivity index (χ2n) is 6.60. The summed E-state index contributed by atoms with van der Waals surface area (Å²) in [4.78, 5) is 19.7. The minimum Gasteiger partial charge on any atom is -0.378 e. The van der Waals surface area contributed by atoms with E-state index < -0.39 is 0 Å². The van der Waals surface area contributed by atoms with Gasteiger partial charge in [-0.1, -0.05) is 6.92 Å². The van der Waals surface area contributed by atoms with Crippen molar-refractivity contribution >= 4 is 21.6 Å². The minimum atomic E-state index is 0.148. The molecule has 2 unspecified atom stereocenters. The van der Waals surface area contributed by atoms with Crippen molar-refractivity contribution in [1.82, 2.24) is 9.55 Å². The number of aromatic nitrogens is 2. The Hall–Kier alpha value is -1.20. The Morgan fingerprint density at radius 3 is 3.09 bits per heavy atom. The second-order valence-corrected chi connectivity index (χ2v) is 7.68. The van der Waals surface area contributed by atoms with E-state index in [4.69, 9.17) is 4.74 Å². The van der Waals surface area contributed by atoms with Gasteiger partial charge in [-0.25, -0.2) is 4.98 Å². The van der Waals surface area contributed by atoms with Crippen LogP contribution >= 0.6 is 11.3 Å². The van der Waals surface area contributed by atoms with Crippen molar-refractivity contribution in [3.8, 4) is 0 Å². The molecule has 0 N–H and O–H groups in total. The second kappa shape index (κ2) is 5.78. The lowest BCUT2D eigenvalue weighted by atomic mass is 9.97. The zero-order chi connectivity index (χ0) is 15.1. The Labute approximate surface area is 134 Å². The average molecular weight is 318 g/mol. The molecule has 2 aliphatic rings. The van der Waals surface area contributed by atoms with E-state index in [1.54, 1.807) is 22.2 Å². The van der Waals surface area contributed by atoms with E-state index in [2.05, 4.69) is 11.9 Å². The van der Waals surface area contributed by atoms with Crippen molar-refractivity contribution in [2.45, 2.75) is 58.1 Å². The van der Waals surface area contributed by atoms with Gasteiger partial charge in [0.1, 0.15) is 4.83 Å². The number of ether oxygens (including phenoxy) is 1. The van der Waals surface area contributed by atoms with Crippen LogP contribution in [-0.4, -0.2) is 22.3 Å². The van der Waals surface area contributed by atoms with Crippen LogP contribution in [0.15, 0.2) is 11.1 Å². The highest BCUT2D eigenvalue weighted by Gasteiger charge is 2.24. The Balaban J connectivity index is 1.64. The van der Waals surface area contributed by atoms with E-state index in [-0.39, 0.29) is 5.56 Å². The molecule has 0 bridgehead atoms. The largest absolute Gasteiger partial charge is 0.378 e. The number of hydrogen-bond donors (Lipinski definition) is 0. The van der Waals surface area contributed by atoms with Gasteiger partial charge in [0.05, 0.1) is 17.8 Å². The zero-order valence-corrected chi connectivity index (χ0v) is 13.8. The van der Waals surface area contributed by atoms with Crippen molar-refractivity contribution in [1.29, 1.82) is 0 Å². The summed E-state index contributed by atoms with van der Waals surface area (Å²) in [6.45, 7) is 3.80. The Kier molecular flexibility index (Phi) is 3.78. The molecule has 1 aliphatic carbocycles. The fourth-order valence-electron chi connectivity index (χ4n) is 3.73. The van der Waals surface area contributed by atoms with Gasteiger partial charge >= 0.3 is 0 Å². The van der Waals surface area contributed by atoms with Gasteiger partial charge in [-0.05, 0) is 50.0 Å². The van der Waals surface area contributed by atoms with Gasteiger partial charge in [0.15, 0.2) is 0 Å². The van der Waals surface area contributed by atoms with E-state index in [9.17, 15) is 4.79 Å². The molecule has 0 aromatic carbocycles.